The summed E-state index contributed by atoms with van der Waals surface area (Å²) in [7, 11) is 0. The fraction of sp³-hybridized carbons (Fsp3) is 0.333. The summed E-state index contributed by atoms with van der Waals surface area (Å²) in [6, 6.07) is 4.13. The fourth-order valence-corrected chi connectivity index (χ4v) is 3.27. The van der Waals surface area contributed by atoms with Crippen LogP contribution < -0.4 is 0 Å². The quantitative estimate of drug-likeness (QED) is 0.580. The average molecular weight is 379 g/mol. The van der Waals surface area contributed by atoms with E-state index in [9.17, 15) is 0 Å². The molecule has 0 bridgehead atoms. The third-order valence-electron chi connectivity index (χ3n) is 2.34. The molecule has 0 radical (unpaired) electrons. The van der Waals surface area contributed by atoms with Crippen molar-refractivity contribution in [2.45, 2.75) is 26.2 Å². The Balaban J connectivity index is 2.35. The number of rotatable bonds is 3. The van der Waals surface area contributed by atoms with Gasteiger partial charge in [-0.1, -0.05) is 31.5 Å². The van der Waals surface area contributed by atoms with E-state index >= 15 is 0 Å². The van der Waals surface area contributed by atoms with Crippen molar-refractivity contribution in [3.05, 3.63) is 42.6 Å². The van der Waals surface area contributed by atoms with Crippen LogP contribution in [0, 0.1) is 3.57 Å². The van der Waals surface area contributed by atoms with Gasteiger partial charge in [0.1, 0.15) is 11.0 Å². The zero-order valence-electron chi connectivity index (χ0n) is 9.58. The van der Waals surface area contributed by atoms with Crippen molar-refractivity contribution >= 4 is 45.5 Å². The van der Waals surface area contributed by atoms with E-state index in [0.29, 0.717) is 11.1 Å². The fourth-order valence-electron chi connectivity index (χ4n) is 1.51. The first-order chi connectivity index (χ1) is 8.08. The molecule has 0 aromatic carbocycles. The summed E-state index contributed by atoms with van der Waals surface area (Å²) in [6.45, 7) is 4.24. The molecule has 0 aliphatic carbocycles. The van der Waals surface area contributed by atoms with Crippen molar-refractivity contribution in [2.75, 3.05) is 0 Å². The minimum absolute atomic E-state index is 0.365. The topological polar surface area (TPSA) is 25.8 Å². The van der Waals surface area contributed by atoms with Crippen LogP contribution in [-0.4, -0.2) is 9.97 Å². The van der Waals surface area contributed by atoms with Gasteiger partial charge < -0.3 is 0 Å². The molecule has 0 fully saturated rings. The number of thiophene rings is 1. The minimum atomic E-state index is 0.365. The van der Waals surface area contributed by atoms with Crippen molar-refractivity contribution in [1.29, 1.82) is 0 Å². The molecule has 2 aromatic heterocycles. The highest BCUT2D eigenvalue weighted by Crippen LogP contribution is 2.25. The van der Waals surface area contributed by atoms with Crippen molar-refractivity contribution in [3.63, 3.8) is 0 Å². The van der Waals surface area contributed by atoms with E-state index < -0.39 is 0 Å². The van der Waals surface area contributed by atoms with Gasteiger partial charge in [0, 0.05) is 11.3 Å². The van der Waals surface area contributed by atoms with Crippen molar-refractivity contribution < 1.29 is 0 Å². The Morgan fingerprint density at radius 2 is 2.18 bits per heavy atom. The first-order valence-corrected chi connectivity index (χ1v) is 7.65. The molecule has 5 heteroatoms. The second kappa shape index (κ2) is 5.63. The van der Waals surface area contributed by atoms with Crippen molar-refractivity contribution in [3.8, 4) is 0 Å². The largest absolute Gasteiger partial charge is 0.236 e. The predicted octanol–water partition coefficient (Wildman–Crippen LogP) is 4.51. The van der Waals surface area contributed by atoms with Gasteiger partial charge in [-0.3, -0.25) is 0 Å². The lowest BCUT2D eigenvalue weighted by molar-refractivity contribution is 0.784. The summed E-state index contributed by atoms with van der Waals surface area (Å²) in [4.78, 5) is 10.2. The maximum absolute atomic E-state index is 6.15. The lowest BCUT2D eigenvalue weighted by Gasteiger charge is -2.10. The molecule has 0 N–H and O–H groups in total. The number of hydrogen-bond acceptors (Lipinski definition) is 3. The first-order valence-electron chi connectivity index (χ1n) is 5.32. The van der Waals surface area contributed by atoms with Crippen molar-refractivity contribution in [1.82, 2.24) is 9.97 Å². The molecule has 90 valence electrons. The number of nitrogens with zero attached hydrogens (tertiary/aromatic N) is 2. The normalized spacial score (nSPS) is 11.1. The molecule has 2 nitrogen and oxygen atoms in total. The maximum Gasteiger partial charge on any atom is 0.146 e. The molecule has 2 aromatic rings. The SMILES string of the molecule is CC(C)c1nc(Cc2cccs2)nc(Cl)c1I. The second-order valence-electron chi connectivity index (χ2n) is 4.04. The number of hydrogen-bond donors (Lipinski definition) is 0. The molecule has 0 aliphatic heterocycles. The molecule has 2 rings (SSSR count). The molecule has 0 aliphatic rings. The van der Waals surface area contributed by atoms with E-state index in [-0.39, 0.29) is 0 Å². The summed E-state index contributed by atoms with van der Waals surface area (Å²) in [5.74, 6) is 1.17. The lowest BCUT2D eigenvalue weighted by atomic mass is 10.1. The Morgan fingerprint density at radius 3 is 2.76 bits per heavy atom. The summed E-state index contributed by atoms with van der Waals surface area (Å²) >= 11 is 10.1. The van der Waals surface area contributed by atoms with Crippen LogP contribution in [0.1, 0.15) is 36.2 Å². The van der Waals surface area contributed by atoms with Gasteiger partial charge in [-0.15, -0.1) is 11.3 Å². The molecule has 0 saturated heterocycles. The van der Waals surface area contributed by atoms with E-state index in [1.807, 2.05) is 6.07 Å². The highest BCUT2D eigenvalue weighted by atomic mass is 127. The summed E-state index contributed by atoms with van der Waals surface area (Å²) in [5, 5.41) is 2.63. The monoisotopic (exact) mass is 378 g/mol. The molecular formula is C12H12ClIN2S. The maximum atomic E-state index is 6.15. The van der Waals surface area contributed by atoms with Gasteiger partial charge in [-0.05, 0) is 40.0 Å². The van der Waals surface area contributed by atoms with Crippen LogP contribution in [0.2, 0.25) is 5.15 Å². The Hall–Kier alpha value is -0.200. The first kappa shape index (κ1) is 13.2. The van der Waals surface area contributed by atoms with Gasteiger partial charge >= 0.3 is 0 Å². The molecule has 17 heavy (non-hydrogen) atoms. The van der Waals surface area contributed by atoms with E-state index in [4.69, 9.17) is 11.6 Å². The van der Waals surface area contributed by atoms with E-state index in [1.165, 1.54) is 4.88 Å². The van der Waals surface area contributed by atoms with E-state index in [1.54, 1.807) is 11.3 Å². The van der Waals surface area contributed by atoms with Crippen LogP contribution >= 0.6 is 45.5 Å². The van der Waals surface area contributed by atoms with Crippen molar-refractivity contribution in [2.24, 2.45) is 0 Å². The molecular weight excluding hydrogens is 367 g/mol. The summed E-state index contributed by atoms with van der Waals surface area (Å²) in [5.41, 5.74) is 1.04. The van der Waals surface area contributed by atoms with Crippen LogP contribution in [0.5, 0.6) is 0 Å². The molecule has 2 heterocycles. The molecule has 0 amide bonds. The second-order valence-corrected chi connectivity index (χ2v) is 6.51. The third-order valence-corrected chi connectivity index (χ3v) is 4.87. The highest BCUT2D eigenvalue weighted by molar-refractivity contribution is 14.1. The van der Waals surface area contributed by atoms with E-state index in [0.717, 1.165) is 21.5 Å². The van der Waals surface area contributed by atoms with Gasteiger partial charge in [0.2, 0.25) is 0 Å². The predicted molar refractivity (Wildman–Crippen MR) is 81.0 cm³/mol. The standard InChI is InChI=1S/C12H12ClIN2S/c1-7(2)11-10(14)12(13)16-9(15-11)6-8-4-3-5-17-8/h3-5,7H,6H2,1-2H3. The smallest absolute Gasteiger partial charge is 0.146 e. The van der Waals surface area contributed by atoms with Gasteiger partial charge in [-0.25, -0.2) is 9.97 Å². The zero-order chi connectivity index (χ0) is 12.4. The zero-order valence-corrected chi connectivity index (χ0v) is 13.3. The Kier molecular flexibility index (Phi) is 4.38. The van der Waals surface area contributed by atoms with Crippen LogP contribution in [0.25, 0.3) is 0 Å². The van der Waals surface area contributed by atoms with Gasteiger partial charge in [0.25, 0.3) is 0 Å². The van der Waals surface area contributed by atoms with Crippen LogP contribution in [0.15, 0.2) is 17.5 Å². The number of halogens is 2. The Bertz CT molecular complexity index is 511. The summed E-state index contributed by atoms with van der Waals surface area (Å²) < 4.78 is 0.967. The van der Waals surface area contributed by atoms with Gasteiger partial charge in [0.15, 0.2) is 0 Å². The third kappa shape index (κ3) is 3.17. The van der Waals surface area contributed by atoms with E-state index in [2.05, 4.69) is 57.9 Å². The van der Waals surface area contributed by atoms with Gasteiger partial charge in [0.05, 0.1) is 9.26 Å². The summed E-state index contributed by atoms with van der Waals surface area (Å²) in [6.07, 6.45) is 0.758. The Morgan fingerprint density at radius 1 is 1.41 bits per heavy atom. The highest BCUT2D eigenvalue weighted by Gasteiger charge is 2.13. The average Bonchev–Trinajstić information content (AvgIpc) is 2.75. The minimum Gasteiger partial charge on any atom is -0.236 e. The van der Waals surface area contributed by atoms with Gasteiger partial charge in [-0.2, -0.15) is 0 Å². The lowest BCUT2D eigenvalue weighted by Crippen LogP contribution is -2.05. The Labute approximate surface area is 124 Å². The van der Waals surface area contributed by atoms with Crippen LogP contribution in [-0.2, 0) is 6.42 Å². The van der Waals surface area contributed by atoms with Crippen LogP contribution in [0.3, 0.4) is 0 Å². The van der Waals surface area contributed by atoms with Crippen LogP contribution in [0.4, 0.5) is 0 Å². The molecule has 0 spiro atoms. The molecule has 0 atom stereocenters. The molecule has 0 saturated carbocycles. The molecule has 0 unspecified atom stereocenters. The number of aromatic nitrogens is 2.